The van der Waals surface area contributed by atoms with Crippen LogP contribution >= 0.6 is 0 Å². The first kappa shape index (κ1) is 20.1. The SMILES string of the molecule is COc1ccc(-c2noc(CN(C)C(=O)COc3ccc(F)cc3)n2)c(OC)c1. The van der Waals surface area contributed by atoms with Crippen LogP contribution in [0.2, 0.25) is 0 Å². The van der Waals surface area contributed by atoms with Crippen molar-refractivity contribution in [3.8, 4) is 28.6 Å². The molecule has 0 aliphatic rings. The summed E-state index contributed by atoms with van der Waals surface area (Å²) in [6.07, 6.45) is 0. The Labute approximate surface area is 166 Å². The van der Waals surface area contributed by atoms with E-state index in [4.69, 9.17) is 18.7 Å². The second kappa shape index (κ2) is 9.05. The second-order valence-corrected chi connectivity index (χ2v) is 6.07. The molecule has 1 amide bonds. The largest absolute Gasteiger partial charge is 0.497 e. The van der Waals surface area contributed by atoms with Crippen LogP contribution in [0.25, 0.3) is 11.4 Å². The molecule has 0 aliphatic carbocycles. The van der Waals surface area contributed by atoms with Gasteiger partial charge in [-0.3, -0.25) is 4.79 Å². The Morgan fingerprint density at radius 3 is 2.52 bits per heavy atom. The van der Waals surface area contributed by atoms with Crippen molar-refractivity contribution in [1.29, 1.82) is 0 Å². The van der Waals surface area contributed by atoms with Crippen molar-refractivity contribution >= 4 is 5.91 Å². The van der Waals surface area contributed by atoms with Gasteiger partial charge in [0.2, 0.25) is 11.7 Å². The summed E-state index contributed by atoms with van der Waals surface area (Å²) < 4.78 is 34.0. The van der Waals surface area contributed by atoms with E-state index >= 15 is 0 Å². The number of halogens is 1. The number of hydrogen-bond acceptors (Lipinski definition) is 7. The highest BCUT2D eigenvalue weighted by molar-refractivity contribution is 5.77. The molecular formula is C20H20FN3O5. The lowest BCUT2D eigenvalue weighted by Gasteiger charge is -2.15. The fraction of sp³-hybridized carbons (Fsp3) is 0.250. The minimum absolute atomic E-state index is 0.108. The van der Waals surface area contributed by atoms with Gasteiger partial charge in [0.25, 0.3) is 5.91 Å². The minimum Gasteiger partial charge on any atom is -0.497 e. The average Bonchev–Trinajstić information content (AvgIpc) is 3.20. The number of carbonyl (C=O) groups excluding carboxylic acids is 1. The van der Waals surface area contributed by atoms with Crippen molar-refractivity contribution in [2.24, 2.45) is 0 Å². The summed E-state index contributed by atoms with van der Waals surface area (Å²) in [6.45, 7) is -0.0908. The lowest BCUT2D eigenvalue weighted by atomic mass is 10.2. The third-order valence-corrected chi connectivity index (χ3v) is 4.09. The van der Waals surface area contributed by atoms with E-state index in [1.54, 1.807) is 32.4 Å². The van der Waals surface area contributed by atoms with Gasteiger partial charge in [-0.05, 0) is 36.4 Å². The number of benzene rings is 2. The molecule has 0 saturated heterocycles. The smallest absolute Gasteiger partial charge is 0.260 e. The van der Waals surface area contributed by atoms with Crippen molar-refractivity contribution in [1.82, 2.24) is 15.0 Å². The van der Waals surface area contributed by atoms with Crippen molar-refractivity contribution in [2.45, 2.75) is 6.54 Å². The highest BCUT2D eigenvalue weighted by Crippen LogP contribution is 2.31. The van der Waals surface area contributed by atoms with Gasteiger partial charge in [0.05, 0.1) is 26.3 Å². The molecule has 3 aromatic rings. The van der Waals surface area contributed by atoms with E-state index in [1.165, 1.54) is 36.3 Å². The Hall–Kier alpha value is -3.62. The summed E-state index contributed by atoms with van der Waals surface area (Å²) in [5.41, 5.74) is 0.636. The highest BCUT2D eigenvalue weighted by atomic mass is 19.1. The molecule has 0 radical (unpaired) electrons. The molecular weight excluding hydrogens is 381 g/mol. The Balaban J connectivity index is 1.62. The molecule has 0 fully saturated rings. The molecule has 3 rings (SSSR count). The van der Waals surface area contributed by atoms with Crippen LogP contribution < -0.4 is 14.2 Å². The number of carbonyl (C=O) groups is 1. The van der Waals surface area contributed by atoms with E-state index in [0.29, 0.717) is 28.6 Å². The molecule has 152 valence electrons. The van der Waals surface area contributed by atoms with Crippen molar-refractivity contribution < 1.29 is 27.9 Å². The lowest BCUT2D eigenvalue weighted by molar-refractivity contribution is -0.132. The van der Waals surface area contributed by atoms with Gasteiger partial charge in [0.1, 0.15) is 23.1 Å². The monoisotopic (exact) mass is 401 g/mol. The van der Waals surface area contributed by atoms with Gasteiger partial charge in [0, 0.05) is 13.1 Å². The maximum Gasteiger partial charge on any atom is 0.260 e. The fourth-order valence-electron chi connectivity index (χ4n) is 2.49. The molecule has 0 unspecified atom stereocenters. The van der Waals surface area contributed by atoms with E-state index in [1.807, 2.05) is 0 Å². The summed E-state index contributed by atoms with van der Waals surface area (Å²) >= 11 is 0. The molecule has 1 aromatic heterocycles. The van der Waals surface area contributed by atoms with E-state index < -0.39 is 0 Å². The molecule has 2 aromatic carbocycles. The molecule has 1 heterocycles. The van der Waals surface area contributed by atoms with Crippen LogP contribution in [-0.4, -0.2) is 48.8 Å². The number of nitrogens with zero attached hydrogens (tertiary/aromatic N) is 3. The third-order valence-electron chi connectivity index (χ3n) is 4.09. The summed E-state index contributed by atoms with van der Waals surface area (Å²) in [5.74, 6) is 1.51. The van der Waals surface area contributed by atoms with Crippen molar-refractivity contribution in [2.75, 3.05) is 27.9 Å². The van der Waals surface area contributed by atoms with Gasteiger partial charge in [-0.1, -0.05) is 5.16 Å². The number of aromatic nitrogens is 2. The maximum atomic E-state index is 12.9. The standard InChI is InChI=1S/C20H20FN3O5/c1-24(19(25)12-28-14-6-4-13(21)5-7-14)11-18-22-20(23-29-18)16-9-8-15(26-2)10-17(16)27-3/h4-10H,11-12H2,1-3H3. The molecule has 9 heteroatoms. The van der Waals surface area contributed by atoms with Gasteiger partial charge in [-0.2, -0.15) is 4.98 Å². The highest BCUT2D eigenvalue weighted by Gasteiger charge is 2.17. The summed E-state index contributed by atoms with van der Waals surface area (Å²) in [6, 6.07) is 10.7. The first-order valence-corrected chi connectivity index (χ1v) is 8.67. The fourth-order valence-corrected chi connectivity index (χ4v) is 2.49. The van der Waals surface area contributed by atoms with Gasteiger partial charge >= 0.3 is 0 Å². The normalized spacial score (nSPS) is 10.5. The zero-order chi connectivity index (χ0) is 20.8. The van der Waals surface area contributed by atoms with Crippen molar-refractivity contribution in [3.63, 3.8) is 0 Å². The van der Waals surface area contributed by atoms with Gasteiger partial charge in [-0.15, -0.1) is 0 Å². The van der Waals surface area contributed by atoms with Crippen LogP contribution in [0, 0.1) is 5.82 Å². The van der Waals surface area contributed by atoms with Crippen LogP contribution in [0.15, 0.2) is 47.0 Å². The number of ether oxygens (including phenoxy) is 3. The zero-order valence-electron chi connectivity index (χ0n) is 16.2. The molecule has 0 bridgehead atoms. The van der Waals surface area contributed by atoms with Crippen LogP contribution in [0.4, 0.5) is 4.39 Å². The maximum absolute atomic E-state index is 12.9. The summed E-state index contributed by atoms with van der Waals surface area (Å²) in [4.78, 5) is 18.0. The number of likely N-dealkylation sites (N-methyl/N-ethyl adjacent to an activating group) is 1. The predicted molar refractivity (Wildman–Crippen MR) is 101 cm³/mol. The molecule has 0 aliphatic heterocycles. The first-order chi connectivity index (χ1) is 14.0. The third kappa shape index (κ3) is 5.01. The first-order valence-electron chi connectivity index (χ1n) is 8.67. The Kier molecular flexibility index (Phi) is 6.28. The number of hydrogen-bond donors (Lipinski definition) is 0. The Morgan fingerprint density at radius 2 is 1.83 bits per heavy atom. The van der Waals surface area contributed by atoms with E-state index in [9.17, 15) is 9.18 Å². The number of amides is 1. The van der Waals surface area contributed by atoms with Gasteiger partial charge in [0.15, 0.2) is 6.61 Å². The Bertz CT molecular complexity index is 975. The predicted octanol–water partition coefficient (Wildman–Crippen LogP) is 2.93. The van der Waals surface area contributed by atoms with Gasteiger partial charge < -0.3 is 23.6 Å². The quantitative estimate of drug-likeness (QED) is 0.574. The molecule has 29 heavy (non-hydrogen) atoms. The minimum atomic E-state index is -0.374. The summed E-state index contributed by atoms with van der Waals surface area (Å²) in [5, 5.41) is 3.95. The molecule has 0 saturated carbocycles. The Morgan fingerprint density at radius 1 is 1.10 bits per heavy atom. The topological polar surface area (TPSA) is 86.9 Å². The van der Waals surface area contributed by atoms with Crippen LogP contribution in [-0.2, 0) is 11.3 Å². The van der Waals surface area contributed by atoms with Crippen LogP contribution in [0.1, 0.15) is 5.89 Å². The zero-order valence-corrected chi connectivity index (χ0v) is 16.2. The van der Waals surface area contributed by atoms with E-state index in [0.717, 1.165) is 0 Å². The number of methoxy groups -OCH3 is 2. The molecule has 0 atom stereocenters. The average molecular weight is 401 g/mol. The van der Waals surface area contributed by atoms with E-state index in [-0.39, 0.29) is 30.8 Å². The van der Waals surface area contributed by atoms with Crippen LogP contribution in [0.3, 0.4) is 0 Å². The molecule has 8 nitrogen and oxygen atoms in total. The van der Waals surface area contributed by atoms with Crippen molar-refractivity contribution in [3.05, 3.63) is 54.2 Å². The summed E-state index contributed by atoms with van der Waals surface area (Å²) in [7, 11) is 4.69. The second-order valence-electron chi connectivity index (χ2n) is 6.07. The molecule has 0 spiro atoms. The van der Waals surface area contributed by atoms with Crippen LogP contribution in [0.5, 0.6) is 17.2 Å². The van der Waals surface area contributed by atoms with E-state index in [2.05, 4.69) is 10.1 Å². The van der Waals surface area contributed by atoms with Gasteiger partial charge in [-0.25, -0.2) is 4.39 Å². The number of rotatable bonds is 8. The lowest BCUT2D eigenvalue weighted by Crippen LogP contribution is -2.31. The molecule has 0 N–H and O–H groups in total.